The van der Waals surface area contributed by atoms with E-state index in [0.29, 0.717) is 0 Å². The van der Waals surface area contributed by atoms with Gasteiger partial charge in [-0.2, -0.15) is 5.10 Å². The molecule has 3 heteroatoms. The molecule has 0 saturated heterocycles. The summed E-state index contributed by atoms with van der Waals surface area (Å²) in [6.45, 7) is 1.95. The lowest BCUT2D eigenvalue weighted by atomic mass is 9.97. The van der Waals surface area contributed by atoms with Gasteiger partial charge in [-0.3, -0.25) is 0 Å². The van der Waals surface area contributed by atoms with E-state index >= 15 is 0 Å². The second-order valence-electron chi connectivity index (χ2n) is 5.66. The van der Waals surface area contributed by atoms with E-state index in [-0.39, 0.29) is 0 Å². The minimum absolute atomic E-state index is 0.889. The highest BCUT2D eigenvalue weighted by Gasteiger charge is 2.04. The fourth-order valence-corrected chi connectivity index (χ4v) is 2.79. The van der Waals surface area contributed by atoms with Gasteiger partial charge in [-0.05, 0) is 50.8 Å². The second kappa shape index (κ2) is 7.23. The number of allylic oxidation sites excluding steroid dienone is 1. The van der Waals surface area contributed by atoms with Gasteiger partial charge in [0.15, 0.2) is 0 Å². The van der Waals surface area contributed by atoms with Gasteiger partial charge in [0.1, 0.15) is 0 Å². The van der Waals surface area contributed by atoms with Crippen molar-refractivity contribution in [3.8, 4) is 5.69 Å². The fraction of sp³-hybridized carbons (Fsp3) is 0.389. The smallest absolute Gasteiger partial charge is 0.0645 e. The summed E-state index contributed by atoms with van der Waals surface area (Å²) in [4.78, 5) is 0. The van der Waals surface area contributed by atoms with Gasteiger partial charge in [0, 0.05) is 18.3 Å². The molecular formula is C18H23N3. The summed E-state index contributed by atoms with van der Waals surface area (Å²) in [5.41, 5.74) is 3.97. The summed E-state index contributed by atoms with van der Waals surface area (Å²) in [6, 6.07) is 10.2. The molecule has 0 aliphatic heterocycles. The van der Waals surface area contributed by atoms with Gasteiger partial charge in [0.05, 0.1) is 11.9 Å². The molecule has 0 saturated carbocycles. The van der Waals surface area contributed by atoms with Crippen LogP contribution in [0.15, 0.2) is 54.4 Å². The van der Waals surface area contributed by atoms with Gasteiger partial charge < -0.3 is 5.32 Å². The molecule has 1 aromatic carbocycles. The molecule has 0 amide bonds. The van der Waals surface area contributed by atoms with E-state index in [1.165, 1.54) is 37.7 Å². The fourth-order valence-electron chi connectivity index (χ4n) is 2.79. The predicted octanol–water partition coefficient (Wildman–Crippen LogP) is 3.85. The van der Waals surface area contributed by atoms with Crippen LogP contribution in [0.1, 0.15) is 37.7 Å². The Morgan fingerprint density at radius 3 is 2.86 bits per heavy atom. The van der Waals surface area contributed by atoms with Crippen LogP contribution < -0.4 is 5.32 Å². The molecule has 0 bridgehead atoms. The first-order valence-electron chi connectivity index (χ1n) is 7.89. The lowest BCUT2D eigenvalue weighted by molar-refractivity contribution is 0.632. The molecule has 1 N–H and O–H groups in total. The Morgan fingerprint density at radius 2 is 2.05 bits per heavy atom. The summed E-state index contributed by atoms with van der Waals surface area (Å²) in [7, 11) is 0. The van der Waals surface area contributed by atoms with Gasteiger partial charge >= 0.3 is 0 Å². The average molecular weight is 281 g/mol. The molecule has 3 nitrogen and oxygen atoms in total. The third-order valence-corrected chi connectivity index (χ3v) is 3.99. The normalized spacial score (nSPS) is 15.0. The minimum atomic E-state index is 0.889. The Hall–Kier alpha value is -1.87. The summed E-state index contributed by atoms with van der Waals surface area (Å²) in [5.74, 6) is 0. The van der Waals surface area contributed by atoms with Crippen molar-refractivity contribution in [1.82, 2.24) is 15.1 Å². The van der Waals surface area contributed by atoms with Gasteiger partial charge in [0.2, 0.25) is 0 Å². The first-order chi connectivity index (χ1) is 10.4. The maximum atomic E-state index is 4.42. The summed E-state index contributed by atoms with van der Waals surface area (Å²) in [6.07, 6.45) is 13.0. The molecule has 0 spiro atoms. The monoisotopic (exact) mass is 281 g/mol. The molecule has 0 fully saturated rings. The maximum Gasteiger partial charge on any atom is 0.0645 e. The first kappa shape index (κ1) is 14.1. The van der Waals surface area contributed by atoms with Crippen LogP contribution in [0.25, 0.3) is 5.69 Å². The maximum absolute atomic E-state index is 4.42. The van der Waals surface area contributed by atoms with E-state index in [1.54, 1.807) is 5.57 Å². The summed E-state index contributed by atoms with van der Waals surface area (Å²) < 4.78 is 1.93. The molecular weight excluding hydrogens is 258 g/mol. The zero-order valence-corrected chi connectivity index (χ0v) is 12.5. The molecule has 21 heavy (non-hydrogen) atoms. The zero-order chi connectivity index (χ0) is 14.3. The lowest BCUT2D eigenvalue weighted by Crippen LogP contribution is -2.15. The van der Waals surface area contributed by atoms with Crippen molar-refractivity contribution in [3.05, 3.63) is 59.9 Å². The Morgan fingerprint density at radius 1 is 1.14 bits per heavy atom. The van der Waals surface area contributed by atoms with Crippen LogP contribution in [0.2, 0.25) is 0 Å². The van der Waals surface area contributed by atoms with Gasteiger partial charge in [-0.1, -0.05) is 29.8 Å². The molecule has 1 aliphatic carbocycles. The number of rotatable bonds is 6. The highest BCUT2D eigenvalue weighted by molar-refractivity contribution is 5.30. The van der Waals surface area contributed by atoms with Crippen LogP contribution in [-0.2, 0) is 6.54 Å². The van der Waals surface area contributed by atoms with Crippen molar-refractivity contribution in [2.45, 2.75) is 38.6 Å². The molecule has 1 aliphatic rings. The van der Waals surface area contributed by atoms with E-state index in [2.05, 4.69) is 34.8 Å². The van der Waals surface area contributed by atoms with Crippen LogP contribution in [0.5, 0.6) is 0 Å². The number of nitrogens with zero attached hydrogens (tertiary/aromatic N) is 2. The standard InChI is InChI=1S/C18H23N3/c1-3-7-16(8-4-1)11-12-19-13-17-14-20-21(15-17)18-9-5-2-6-10-18/h2,5-7,9-10,14-15,19H,1,3-4,8,11-13H2. The van der Waals surface area contributed by atoms with E-state index in [4.69, 9.17) is 0 Å². The largest absolute Gasteiger partial charge is 0.312 e. The number of para-hydroxylation sites is 1. The number of nitrogens with one attached hydrogen (secondary N) is 1. The van der Waals surface area contributed by atoms with Crippen molar-refractivity contribution >= 4 is 0 Å². The van der Waals surface area contributed by atoms with E-state index in [1.807, 2.05) is 29.1 Å². The molecule has 3 rings (SSSR count). The molecule has 110 valence electrons. The number of hydrogen-bond acceptors (Lipinski definition) is 2. The van der Waals surface area contributed by atoms with E-state index in [9.17, 15) is 0 Å². The topological polar surface area (TPSA) is 29.9 Å². The van der Waals surface area contributed by atoms with Gasteiger partial charge in [-0.15, -0.1) is 0 Å². The SMILES string of the molecule is C1=C(CCNCc2cnn(-c3ccccc3)c2)CCCC1. The Kier molecular flexibility index (Phi) is 4.85. The van der Waals surface area contributed by atoms with Crippen LogP contribution in [-0.4, -0.2) is 16.3 Å². The van der Waals surface area contributed by atoms with Crippen LogP contribution in [0.3, 0.4) is 0 Å². The van der Waals surface area contributed by atoms with Crippen LogP contribution in [0.4, 0.5) is 0 Å². The molecule has 1 heterocycles. The molecule has 0 atom stereocenters. The van der Waals surface area contributed by atoms with Crippen molar-refractivity contribution in [2.24, 2.45) is 0 Å². The molecule has 2 aromatic rings. The van der Waals surface area contributed by atoms with Crippen LogP contribution >= 0.6 is 0 Å². The highest BCUT2D eigenvalue weighted by Crippen LogP contribution is 2.19. The highest BCUT2D eigenvalue weighted by atomic mass is 15.3. The van der Waals surface area contributed by atoms with Crippen molar-refractivity contribution in [2.75, 3.05) is 6.54 Å². The minimum Gasteiger partial charge on any atom is -0.312 e. The molecule has 1 aromatic heterocycles. The first-order valence-corrected chi connectivity index (χ1v) is 7.89. The summed E-state index contributed by atoms with van der Waals surface area (Å²) >= 11 is 0. The number of benzene rings is 1. The summed E-state index contributed by atoms with van der Waals surface area (Å²) in [5, 5.41) is 7.94. The Labute approximate surface area is 126 Å². The Bertz CT molecular complexity index is 584. The zero-order valence-electron chi connectivity index (χ0n) is 12.5. The average Bonchev–Trinajstić information content (AvgIpc) is 3.02. The van der Waals surface area contributed by atoms with E-state index < -0.39 is 0 Å². The Balaban J connectivity index is 1.46. The lowest BCUT2D eigenvalue weighted by Gasteiger charge is -2.12. The predicted molar refractivity (Wildman–Crippen MR) is 86.4 cm³/mol. The molecule has 0 unspecified atom stereocenters. The van der Waals surface area contributed by atoms with Crippen molar-refractivity contribution in [1.29, 1.82) is 0 Å². The number of hydrogen-bond donors (Lipinski definition) is 1. The van der Waals surface area contributed by atoms with Crippen LogP contribution in [0, 0.1) is 0 Å². The third kappa shape index (κ3) is 4.05. The van der Waals surface area contributed by atoms with Gasteiger partial charge in [-0.25, -0.2) is 4.68 Å². The van der Waals surface area contributed by atoms with E-state index in [0.717, 1.165) is 18.8 Å². The number of aromatic nitrogens is 2. The third-order valence-electron chi connectivity index (χ3n) is 3.99. The second-order valence-corrected chi connectivity index (χ2v) is 5.66. The van der Waals surface area contributed by atoms with Crippen molar-refractivity contribution < 1.29 is 0 Å². The molecule has 0 radical (unpaired) electrons. The quantitative estimate of drug-likeness (QED) is 0.644. The van der Waals surface area contributed by atoms with Crippen molar-refractivity contribution in [3.63, 3.8) is 0 Å². The van der Waals surface area contributed by atoms with Gasteiger partial charge in [0.25, 0.3) is 0 Å².